The van der Waals surface area contributed by atoms with Crippen LogP contribution in [0.5, 0.6) is 5.75 Å². The molecule has 0 unspecified atom stereocenters. The number of halogens is 3. The minimum atomic E-state index is -0.675. The molecule has 0 saturated carbocycles. The molecule has 2 amide bonds. The lowest BCUT2D eigenvalue weighted by Gasteiger charge is -2.30. The van der Waals surface area contributed by atoms with Gasteiger partial charge in [-0.3, -0.25) is 19.8 Å². The number of carbonyl (C=O) groups excluding carboxylic acids is 2. The molecule has 2 aromatic rings. The lowest BCUT2D eigenvalue weighted by Crippen LogP contribution is -2.54. The largest absolute Gasteiger partial charge is 0.506 e. The number of benzene rings is 2. The van der Waals surface area contributed by atoms with Crippen molar-refractivity contribution in [3.63, 3.8) is 0 Å². The average molecular weight is 486 g/mol. The number of rotatable bonds is 2. The molecule has 27 heavy (non-hydrogen) atoms. The first-order valence-electron chi connectivity index (χ1n) is 7.54. The summed E-state index contributed by atoms with van der Waals surface area (Å²) in [5.74, 6) is -1.58. The van der Waals surface area contributed by atoms with Crippen molar-refractivity contribution >= 4 is 80.0 Å². The molecular weight excluding hydrogens is 475 g/mol. The number of phenols is 1. The number of hydrogen-bond donors (Lipinski definition) is 2. The summed E-state index contributed by atoms with van der Waals surface area (Å²) in [7, 11) is 0. The van der Waals surface area contributed by atoms with Crippen molar-refractivity contribution in [3.05, 3.63) is 61.5 Å². The number of aryl methyl sites for hydroxylation is 1. The molecule has 1 saturated heterocycles. The Kier molecular flexibility index (Phi) is 5.58. The van der Waals surface area contributed by atoms with E-state index in [9.17, 15) is 14.7 Å². The normalized spacial score (nSPS) is 16.1. The van der Waals surface area contributed by atoms with Crippen molar-refractivity contribution in [1.29, 1.82) is 0 Å². The molecule has 1 fully saturated rings. The van der Waals surface area contributed by atoms with E-state index in [1.54, 1.807) is 12.1 Å². The van der Waals surface area contributed by atoms with Gasteiger partial charge in [0.25, 0.3) is 11.8 Å². The average Bonchev–Trinajstić information content (AvgIpc) is 2.57. The second-order valence-electron chi connectivity index (χ2n) is 5.71. The summed E-state index contributed by atoms with van der Waals surface area (Å²) in [6.07, 6.45) is 1.23. The number of hydrogen-bond acceptors (Lipinski definition) is 4. The van der Waals surface area contributed by atoms with E-state index in [2.05, 4.69) is 21.2 Å². The van der Waals surface area contributed by atoms with Gasteiger partial charge < -0.3 is 5.11 Å². The highest BCUT2D eigenvalue weighted by atomic mass is 79.9. The third-order valence-electron chi connectivity index (χ3n) is 3.86. The van der Waals surface area contributed by atoms with Gasteiger partial charge in [-0.2, -0.15) is 0 Å². The van der Waals surface area contributed by atoms with Gasteiger partial charge in [0.1, 0.15) is 11.3 Å². The molecule has 1 heterocycles. The van der Waals surface area contributed by atoms with Gasteiger partial charge >= 0.3 is 0 Å². The van der Waals surface area contributed by atoms with E-state index in [4.69, 9.17) is 35.4 Å². The molecule has 3 rings (SSSR count). The summed E-state index contributed by atoms with van der Waals surface area (Å²) in [4.78, 5) is 26.6. The maximum absolute atomic E-state index is 13.0. The SMILES string of the molecule is Cc1cc(Br)ccc1N1C(=O)/C(=C\c2cc(Cl)cc(Cl)c2O)C(=O)NC1=S. The Bertz CT molecular complexity index is 1040. The van der Waals surface area contributed by atoms with E-state index in [0.29, 0.717) is 5.69 Å². The molecular formula is C18H11BrCl2N2O3S. The lowest BCUT2D eigenvalue weighted by molar-refractivity contribution is -0.122. The van der Waals surface area contributed by atoms with Crippen LogP contribution >= 0.6 is 51.3 Å². The summed E-state index contributed by atoms with van der Waals surface area (Å²) in [6.45, 7) is 1.82. The molecule has 2 N–H and O–H groups in total. The fourth-order valence-corrected chi connectivity index (χ4v) is 3.86. The molecule has 138 valence electrons. The van der Waals surface area contributed by atoms with E-state index < -0.39 is 11.8 Å². The van der Waals surface area contributed by atoms with Crippen LogP contribution in [-0.2, 0) is 9.59 Å². The molecule has 2 aromatic carbocycles. The summed E-state index contributed by atoms with van der Waals surface area (Å²) in [5.41, 5.74) is 1.25. The Labute approximate surface area is 178 Å². The summed E-state index contributed by atoms with van der Waals surface area (Å²) in [5, 5.41) is 12.8. The van der Waals surface area contributed by atoms with Crippen molar-refractivity contribution < 1.29 is 14.7 Å². The second kappa shape index (κ2) is 7.59. The van der Waals surface area contributed by atoms with Crippen molar-refractivity contribution in [2.45, 2.75) is 6.92 Å². The number of carbonyl (C=O) groups is 2. The molecule has 0 spiro atoms. The Morgan fingerprint density at radius 1 is 1.22 bits per heavy atom. The van der Waals surface area contributed by atoms with Crippen LogP contribution in [-0.4, -0.2) is 22.0 Å². The first kappa shape index (κ1) is 19.8. The van der Waals surface area contributed by atoms with Crippen LogP contribution in [0.15, 0.2) is 40.4 Å². The van der Waals surface area contributed by atoms with Crippen LogP contribution in [0.3, 0.4) is 0 Å². The Morgan fingerprint density at radius 3 is 2.59 bits per heavy atom. The smallest absolute Gasteiger partial charge is 0.270 e. The number of nitrogens with zero attached hydrogens (tertiary/aromatic N) is 1. The monoisotopic (exact) mass is 484 g/mol. The van der Waals surface area contributed by atoms with Crippen molar-refractivity contribution in [2.75, 3.05) is 4.90 Å². The topological polar surface area (TPSA) is 69.6 Å². The quantitative estimate of drug-likeness (QED) is 0.370. The molecule has 9 heteroatoms. The molecule has 0 radical (unpaired) electrons. The van der Waals surface area contributed by atoms with Crippen LogP contribution in [0.1, 0.15) is 11.1 Å². The van der Waals surface area contributed by atoms with Gasteiger partial charge in [-0.05, 0) is 61.1 Å². The zero-order valence-corrected chi connectivity index (χ0v) is 17.6. The van der Waals surface area contributed by atoms with Gasteiger partial charge in [-0.1, -0.05) is 39.1 Å². The van der Waals surface area contributed by atoms with Gasteiger partial charge in [-0.15, -0.1) is 0 Å². The van der Waals surface area contributed by atoms with Crippen LogP contribution in [0, 0.1) is 6.92 Å². The molecule has 5 nitrogen and oxygen atoms in total. The number of thiocarbonyl (C=S) groups is 1. The van der Waals surface area contributed by atoms with Crippen molar-refractivity contribution in [3.8, 4) is 5.75 Å². The fraction of sp³-hybridized carbons (Fsp3) is 0.0556. The number of amides is 2. The molecule has 1 aliphatic heterocycles. The zero-order valence-electron chi connectivity index (χ0n) is 13.7. The Balaban J connectivity index is 2.11. The van der Waals surface area contributed by atoms with Crippen LogP contribution in [0.25, 0.3) is 6.08 Å². The Morgan fingerprint density at radius 2 is 1.93 bits per heavy atom. The minimum absolute atomic E-state index is 0.00847. The number of aromatic hydroxyl groups is 1. The second-order valence-corrected chi connectivity index (χ2v) is 7.86. The first-order chi connectivity index (χ1) is 12.7. The maximum atomic E-state index is 13.0. The zero-order chi connectivity index (χ0) is 19.9. The fourth-order valence-electron chi connectivity index (χ4n) is 2.60. The molecule has 1 aliphatic rings. The number of anilines is 1. The molecule has 0 bridgehead atoms. The van der Waals surface area contributed by atoms with Gasteiger partial charge in [0, 0.05) is 15.1 Å². The summed E-state index contributed by atoms with van der Waals surface area (Å²) in [6, 6.07) is 8.06. The lowest BCUT2D eigenvalue weighted by atomic mass is 10.1. The minimum Gasteiger partial charge on any atom is -0.506 e. The number of phenolic OH excluding ortho intramolecular Hbond substituents is 1. The van der Waals surface area contributed by atoms with Gasteiger partial charge in [0.2, 0.25) is 0 Å². The van der Waals surface area contributed by atoms with E-state index >= 15 is 0 Å². The van der Waals surface area contributed by atoms with E-state index in [1.165, 1.54) is 23.1 Å². The van der Waals surface area contributed by atoms with Crippen LogP contribution in [0.4, 0.5) is 5.69 Å². The van der Waals surface area contributed by atoms with E-state index in [1.807, 2.05) is 13.0 Å². The Hall–Kier alpha value is -1.93. The van der Waals surface area contributed by atoms with Crippen molar-refractivity contribution in [2.24, 2.45) is 0 Å². The predicted octanol–water partition coefficient (Wildman–Crippen LogP) is 4.60. The van der Waals surface area contributed by atoms with Gasteiger partial charge in [0.05, 0.1) is 10.7 Å². The third kappa shape index (κ3) is 3.87. The third-order valence-corrected chi connectivity index (χ3v) is 5.14. The van der Waals surface area contributed by atoms with Crippen LogP contribution in [0.2, 0.25) is 10.0 Å². The summed E-state index contributed by atoms with van der Waals surface area (Å²) < 4.78 is 0.845. The first-order valence-corrected chi connectivity index (χ1v) is 9.50. The van der Waals surface area contributed by atoms with Crippen LogP contribution < -0.4 is 10.2 Å². The van der Waals surface area contributed by atoms with Crippen molar-refractivity contribution in [1.82, 2.24) is 5.32 Å². The number of nitrogens with one attached hydrogen (secondary N) is 1. The molecule has 0 aromatic heterocycles. The highest BCUT2D eigenvalue weighted by Crippen LogP contribution is 2.34. The van der Waals surface area contributed by atoms with E-state index in [-0.39, 0.29) is 32.0 Å². The molecule has 0 aliphatic carbocycles. The molecule has 0 atom stereocenters. The highest BCUT2D eigenvalue weighted by Gasteiger charge is 2.35. The predicted molar refractivity (Wildman–Crippen MR) is 113 cm³/mol. The highest BCUT2D eigenvalue weighted by molar-refractivity contribution is 9.10. The standard InChI is InChI=1S/C18H11BrCl2N2O3S/c1-8-4-10(19)2-3-14(8)23-17(26)12(16(25)22-18(23)27)6-9-5-11(20)7-13(21)15(9)24/h2-7,24H,1H3,(H,22,25,27)/b12-6-. The maximum Gasteiger partial charge on any atom is 0.270 e. The van der Waals surface area contributed by atoms with Gasteiger partial charge in [-0.25, -0.2) is 0 Å². The van der Waals surface area contributed by atoms with E-state index in [0.717, 1.165) is 10.0 Å². The van der Waals surface area contributed by atoms with Gasteiger partial charge in [0.15, 0.2) is 5.11 Å². The summed E-state index contributed by atoms with van der Waals surface area (Å²) >= 11 is 20.4.